The van der Waals surface area contributed by atoms with Gasteiger partial charge >= 0.3 is 0 Å². The molecule has 4 N–H and O–H groups in total. The Hall–Kier alpha value is -1.55. The number of phenols is 1. The van der Waals surface area contributed by atoms with Crippen molar-refractivity contribution in [3.05, 3.63) is 23.3 Å². The molecular weight excluding hydrogens is 240 g/mol. The topological polar surface area (TPSA) is 75.3 Å². The second kappa shape index (κ2) is 5.61. The van der Waals surface area contributed by atoms with Crippen molar-refractivity contribution in [2.24, 2.45) is 17.6 Å². The van der Waals surface area contributed by atoms with Gasteiger partial charge in [-0.2, -0.15) is 0 Å². The highest BCUT2D eigenvalue weighted by molar-refractivity contribution is 5.94. The second-order valence-corrected chi connectivity index (χ2v) is 5.50. The molecule has 1 aliphatic carbocycles. The highest BCUT2D eigenvalue weighted by Gasteiger charge is 2.32. The lowest BCUT2D eigenvalue weighted by atomic mass is 9.95. The lowest BCUT2D eigenvalue weighted by molar-refractivity contribution is -0.120. The van der Waals surface area contributed by atoms with Crippen LogP contribution >= 0.6 is 0 Å². The Morgan fingerprint density at radius 1 is 1.42 bits per heavy atom. The van der Waals surface area contributed by atoms with Crippen molar-refractivity contribution in [3.8, 4) is 5.75 Å². The predicted octanol–water partition coefficient (Wildman–Crippen LogP) is 2.32. The van der Waals surface area contributed by atoms with Crippen molar-refractivity contribution < 1.29 is 9.90 Å². The molecule has 1 fully saturated rings. The Labute approximate surface area is 114 Å². The van der Waals surface area contributed by atoms with Gasteiger partial charge in [0.1, 0.15) is 5.75 Å². The van der Waals surface area contributed by atoms with E-state index < -0.39 is 0 Å². The minimum Gasteiger partial charge on any atom is -0.505 e. The van der Waals surface area contributed by atoms with Crippen LogP contribution in [0.3, 0.4) is 0 Å². The third kappa shape index (κ3) is 2.89. The average Bonchev–Trinajstić information content (AvgIpc) is 2.83. The van der Waals surface area contributed by atoms with Crippen LogP contribution in [0.15, 0.2) is 12.1 Å². The van der Waals surface area contributed by atoms with Crippen LogP contribution in [0, 0.1) is 25.7 Å². The first-order valence-corrected chi connectivity index (χ1v) is 6.84. The van der Waals surface area contributed by atoms with Gasteiger partial charge in [0.05, 0.1) is 5.69 Å². The number of amides is 1. The number of aromatic hydroxyl groups is 1. The smallest absolute Gasteiger partial charge is 0.227 e. The molecule has 1 aromatic carbocycles. The highest BCUT2D eigenvalue weighted by atomic mass is 16.3. The van der Waals surface area contributed by atoms with Crippen LogP contribution in [-0.2, 0) is 4.79 Å². The molecule has 2 unspecified atom stereocenters. The summed E-state index contributed by atoms with van der Waals surface area (Å²) in [5.74, 6) is 0.382. The maximum atomic E-state index is 12.3. The van der Waals surface area contributed by atoms with Gasteiger partial charge in [-0.3, -0.25) is 4.79 Å². The molecule has 4 heteroatoms. The van der Waals surface area contributed by atoms with Crippen LogP contribution in [0.4, 0.5) is 5.69 Å². The lowest BCUT2D eigenvalue weighted by Gasteiger charge is -2.18. The third-order valence-electron chi connectivity index (χ3n) is 4.00. The zero-order chi connectivity index (χ0) is 14.0. The number of carbonyl (C=O) groups excluding carboxylic acids is 1. The zero-order valence-corrected chi connectivity index (χ0v) is 11.6. The number of hydrogen-bond donors (Lipinski definition) is 3. The molecule has 104 valence electrons. The SMILES string of the molecule is Cc1cc(C)c(O)c(NC(=O)C2CCCC2CN)c1. The molecule has 19 heavy (non-hydrogen) atoms. The van der Waals surface area contributed by atoms with Gasteiger partial charge in [0.15, 0.2) is 0 Å². The van der Waals surface area contributed by atoms with E-state index in [1.165, 1.54) is 0 Å². The summed E-state index contributed by atoms with van der Waals surface area (Å²) in [7, 11) is 0. The molecule has 4 nitrogen and oxygen atoms in total. The number of rotatable bonds is 3. The molecule has 0 bridgehead atoms. The fourth-order valence-electron chi connectivity index (χ4n) is 2.94. The van der Waals surface area contributed by atoms with Gasteiger partial charge in [0, 0.05) is 5.92 Å². The summed E-state index contributed by atoms with van der Waals surface area (Å²) >= 11 is 0. The van der Waals surface area contributed by atoms with E-state index in [4.69, 9.17) is 5.73 Å². The number of nitrogens with two attached hydrogens (primary N) is 1. The Balaban J connectivity index is 2.15. The van der Waals surface area contributed by atoms with Crippen LogP contribution in [0.1, 0.15) is 30.4 Å². The van der Waals surface area contributed by atoms with Gasteiger partial charge in [-0.15, -0.1) is 0 Å². The fourth-order valence-corrected chi connectivity index (χ4v) is 2.94. The van der Waals surface area contributed by atoms with Crippen LogP contribution < -0.4 is 11.1 Å². The van der Waals surface area contributed by atoms with Gasteiger partial charge in [-0.1, -0.05) is 12.5 Å². The largest absolute Gasteiger partial charge is 0.505 e. The number of benzene rings is 1. The van der Waals surface area contributed by atoms with E-state index in [9.17, 15) is 9.90 Å². The monoisotopic (exact) mass is 262 g/mol. The van der Waals surface area contributed by atoms with Crippen LogP contribution in [0.25, 0.3) is 0 Å². The Morgan fingerprint density at radius 2 is 2.16 bits per heavy atom. The van der Waals surface area contributed by atoms with E-state index in [1.807, 2.05) is 19.9 Å². The fraction of sp³-hybridized carbons (Fsp3) is 0.533. The average molecular weight is 262 g/mol. The predicted molar refractivity (Wildman–Crippen MR) is 76.1 cm³/mol. The van der Waals surface area contributed by atoms with Crippen molar-refractivity contribution in [1.82, 2.24) is 0 Å². The van der Waals surface area contributed by atoms with Crippen molar-refractivity contribution in [2.75, 3.05) is 11.9 Å². The third-order valence-corrected chi connectivity index (χ3v) is 4.00. The number of phenolic OH excluding ortho intramolecular Hbond substituents is 1. The van der Waals surface area contributed by atoms with E-state index in [1.54, 1.807) is 6.07 Å². The summed E-state index contributed by atoms with van der Waals surface area (Å²) < 4.78 is 0. The molecular formula is C15H22N2O2. The van der Waals surface area contributed by atoms with Gasteiger partial charge in [-0.05, 0) is 56.3 Å². The quantitative estimate of drug-likeness (QED) is 0.732. The van der Waals surface area contributed by atoms with E-state index in [2.05, 4.69) is 5.32 Å². The molecule has 0 aromatic heterocycles. The van der Waals surface area contributed by atoms with Gasteiger partial charge in [-0.25, -0.2) is 0 Å². The van der Waals surface area contributed by atoms with Gasteiger partial charge in [0.25, 0.3) is 0 Å². The zero-order valence-electron chi connectivity index (χ0n) is 11.6. The summed E-state index contributed by atoms with van der Waals surface area (Å²) in [6.07, 6.45) is 2.96. The van der Waals surface area contributed by atoms with Gasteiger partial charge < -0.3 is 16.2 Å². The maximum absolute atomic E-state index is 12.3. The molecule has 2 atom stereocenters. The van der Waals surface area contributed by atoms with Crippen molar-refractivity contribution >= 4 is 11.6 Å². The molecule has 0 aliphatic heterocycles. The Kier molecular flexibility index (Phi) is 4.10. The first-order chi connectivity index (χ1) is 9.02. The van der Waals surface area contributed by atoms with Crippen molar-refractivity contribution in [3.63, 3.8) is 0 Å². The number of anilines is 1. The van der Waals surface area contributed by atoms with Crippen LogP contribution in [0.5, 0.6) is 5.75 Å². The molecule has 0 saturated heterocycles. The molecule has 1 amide bonds. The van der Waals surface area contributed by atoms with Crippen LogP contribution in [-0.4, -0.2) is 17.6 Å². The first-order valence-electron chi connectivity index (χ1n) is 6.84. The Bertz CT molecular complexity index is 485. The second-order valence-electron chi connectivity index (χ2n) is 5.50. The summed E-state index contributed by atoms with van der Waals surface area (Å²) in [4.78, 5) is 12.3. The number of nitrogens with one attached hydrogen (secondary N) is 1. The molecule has 1 saturated carbocycles. The van der Waals surface area contributed by atoms with Crippen LogP contribution in [0.2, 0.25) is 0 Å². The summed E-state index contributed by atoms with van der Waals surface area (Å²) in [5, 5.41) is 12.9. The van der Waals surface area contributed by atoms with Crippen molar-refractivity contribution in [2.45, 2.75) is 33.1 Å². The maximum Gasteiger partial charge on any atom is 0.227 e. The molecule has 2 rings (SSSR count). The Morgan fingerprint density at radius 3 is 2.84 bits per heavy atom. The first kappa shape index (κ1) is 13.9. The molecule has 0 heterocycles. The van der Waals surface area contributed by atoms with E-state index in [0.717, 1.165) is 30.4 Å². The molecule has 0 spiro atoms. The van der Waals surface area contributed by atoms with E-state index in [0.29, 0.717) is 12.2 Å². The number of aryl methyl sites for hydroxylation is 2. The number of hydrogen-bond acceptors (Lipinski definition) is 3. The molecule has 1 aliphatic rings. The van der Waals surface area contributed by atoms with E-state index in [-0.39, 0.29) is 23.5 Å². The summed E-state index contributed by atoms with van der Waals surface area (Å²) in [6, 6.07) is 3.69. The van der Waals surface area contributed by atoms with Gasteiger partial charge in [0.2, 0.25) is 5.91 Å². The standard InChI is InChI=1S/C15H22N2O2/c1-9-6-10(2)14(18)13(7-9)17-15(19)12-5-3-4-11(12)8-16/h6-7,11-12,18H,3-5,8,16H2,1-2H3,(H,17,19). The van der Waals surface area contributed by atoms with E-state index >= 15 is 0 Å². The summed E-state index contributed by atoms with van der Waals surface area (Å²) in [6.45, 7) is 4.33. The minimum absolute atomic E-state index is 0.0201. The normalized spacial score (nSPS) is 22.5. The number of carbonyl (C=O) groups is 1. The molecule has 0 radical (unpaired) electrons. The lowest BCUT2D eigenvalue weighted by Crippen LogP contribution is -2.29. The molecule has 1 aromatic rings. The minimum atomic E-state index is -0.0229. The highest BCUT2D eigenvalue weighted by Crippen LogP contribution is 2.34. The summed E-state index contributed by atoms with van der Waals surface area (Å²) in [5.41, 5.74) is 8.00. The van der Waals surface area contributed by atoms with Crippen molar-refractivity contribution in [1.29, 1.82) is 0 Å².